The number of fused-ring (bicyclic) bond motifs is 1. The molecule has 2 aromatic carbocycles. The van der Waals surface area contributed by atoms with Crippen LogP contribution in [0.1, 0.15) is 17.4 Å². The third kappa shape index (κ3) is 2.71. The second-order valence-electron chi connectivity index (χ2n) is 4.98. The summed E-state index contributed by atoms with van der Waals surface area (Å²) in [4.78, 5) is 0. The lowest BCUT2D eigenvalue weighted by Gasteiger charge is -2.10. The van der Waals surface area contributed by atoms with Crippen molar-refractivity contribution in [1.29, 1.82) is 0 Å². The van der Waals surface area contributed by atoms with Crippen molar-refractivity contribution < 1.29 is 9.50 Å². The van der Waals surface area contributed by atoms with Gasteiger partial charge in [-0.3, -0.25) is 4.68 Å². The Morgan fingerprint density at radius 3 is 2.81 bits per heavy atom. The highest BCUT2D eigenvalue weighted by Crippen LogP contribution is 2.26. The topological polar surface area (TPSA) is 38.0 Å². The van der Waals surface area contributed by atoms with Crippen molar-refractivity contribution in [2.45, 2.75) is 12.5 Å². The lowest BCUT2D eigenvalue weighted by atomic mass is 10.0. The zero-order chi connectivity index (χ0) is 15.0. The number of aliphatic hydroxyl groups is 1. The monoisotopic (exact) mass is 348 g/mol. The first-order valence-electron chi connectivity index (χ1n) is 6.60. The summed E-state index contributed by atoms with van der Waals surface area (Å²) in [6, 6.07) is 12.4. The molecule has 1 N–H and O–H groups in total. The Bertz CT molecular complexity index is 800. The highest BCUT2D eigenvalue weighted by Gasteiger charge is 2.15. The number of aromatic nitrogens is 2. The van der Waals surface area contributed by atoms with Crippen molar-refractivity contribution in [3.8, 4) is 0 Å². The van der Waals surface area contributed by atoms with Gasteiger partial charge in [0.05, 0.1) is 21.8 Å². The van der Waals surface area contributed by atoms with Gasteiger partial charge in [0.25, 0.3) is 0 Å². The molecule has 0 aliphatic rings. The van der Waals surface area contributed by atoms with Crippen LogP contribution in [0, 0.1) is 5.82 Å². The summed E-state index contributed by atoms with van der Waals surface area (Å²) in [5, 5.41) is 15.9. The summed E-state index contributed by atoms with van der Waals surface area (Å²) >= 11 is 3.14. The molecule has 0 spiro atoms. The molecular weight excluding hydrogens is 335 g/mol. The van der Waals surface area contributed by atoms with Gasteiger partial charge in [-0.25, -0.2) is 4.39 Å². The Morgan fingerprint density at radius 1 is 1.29 bits per heavy atom. The molecule has 0 aliphatic heterocycles. The molecule has 108 valence electrons. The van der Waals surface area contributed by atoms with Gasteiger partial charge in [-0.05, 0) is 39.7 Å². The molecule has 0 fully saturated rings. The summed E-state index contributed by atoms with van der Waals surface area (Å²) in [6.07, 6.45) is -0.334. The molecule has 1 atom stereocenters. The van der Waals surface area contributed by atoms with Crippen LogP contribution in [0.15, 0.2) is 46.9 Å². The highest BCUT2D eigenvalue weighted by molar-refractivity contribution is 9.10. The second kappa shape index (κ2) is 5.58. The van der Waals surface area contributed by atoms with E-state index in [9.17, 15) is 9.50 Å². The Balaban J connectivity index is 1.92. The maximum absolute atomic E-state index is 13.3. The first-order chi connectivity index (χ1) is 10.1. The lowest BCUT2D eigenvalue weighted by molar-refractivity contribution is 0.177. The molecule has 0 amide bonds. The molecule has 5 heteroatoms. The van der Waals surface area contributed by atoms with Gasteiger partial charge in [0.1, 0.15) is 5.82 Å². The number of para-hydroxylation sites is 1. The zero-order valence-corrected chi connectivity index (χ0v) is 13.0. The minimum Gasteiger partial charge on any atom is -0.388 e. The third-order valence-electron chi connectivity index (χ3n) is 3.55. The van der Waals surface area contributed by atoms with E-state index in [2.05, 4.69) is 21.0 Å². The van der Waals surface area contributed by atoms with Gasteiger partial charge in [-0.2, -0.15) is 5.10 Å². The predicted octanol–water partition coefficient (Wildman–Crippen LogP) is 3.75. The maximum atomic E-state index is 13.3. The van der Waals surface area contributed by atoms with Crippen LogP contribution in [0.25, 0.3) is 10.9 Å². The zero-order valence-electron chi connectivity index (χ0n) is 11.4. The summed E-state index contributed by atoms with van der Waals surface area (Å²) in [6.45, 7) is 0. The van der Waals surface area contributed by atoms with Gasteiger partial charge in [-0.1, -0.05) is 24.3 Å². The fourth-order valence-electron chi connectivity index (χ4n) is 2.46. The van der Waals surface area contributed by atoms with Crippen molar-refractivity contribution >= 4 is 26.8 Å². The Hall–Kier alpha value is -1.72. The number of nitrogens with zero attached hydrogens (tertiary/aromatic N) is 2. The van der Waals surface area contributed by atoms with Crippen LogP contribution >= 0.6 is 15.9 Å². The molecule has 0 saturated heterocycles. The molecule has 0 radical (unpaired) electrons. The first-order valence-corrected chi connectivity index (χ1v) is 7.39. The molecule has 21 heavy (non-hydrogen) atoms. The number of hydrogen-bond donors (Lipinski definition) is 1. The van der Waals surface area contributed by atoms with E-state index in [0.717, 1.165) is 16.6 Å². The summed E-state index contributed by atoms with van der Waals surface area (Å²) in [5.74, 6) is -0.339. The normalized spacial score (nSPS) is 12.8. The minimum absolute atomic E-state index is 0.339. The molecule has 1 heterocycles. The predicted molar refractivity (Wildman–Crippen MR) is 83.5 cm³/mol. The van der Waals surface area contributed by atoms with E-state index in [0.29, 0.717) is 16.5 Å². The Morgan fingerprint density at radius 2 is 2.05 bits per heavy atom. The largest absolute Gasteiger partial charge is 0.388 e. The SMILES string of the molecule is Cn1nc(CC(O)c2ccc(F)c(Br)c2)c2ccccc21. The Labute approximate surface area is 130 Å². The van der Waals surface area contributed by atoms with Crippen molar-refractivity contribution in [2.75, 3.05) is 0 Å². The van der Waals surface area contributed by atoms with Crippen LogP contribution in [-0.4, -0.2) is 14.9 Å². The molecule has 3 nitrogen and oxygen atoms in total. The van der Waals surface area contributed by atoms with Crippen LogP contribution in [0.3, 0.4) is 0 Å². The van der Waals surface area contributed by atoms with Crippen molar-refractivity contribution in [3.63, 3.8) is 0 Å². The van der Waals surface area contributed by atoms with Crippen molar-refractivity contribution in [2.24, 2.45) is 7.05 Å². The summed E-state index contributed by atoms with van der Waals surface area (Å²) in [5.41, 5.74) is 2.53. The van der Waals surface area contributed by atoms with Gasteiger partial charge < -0.3 is 5.11 Å². The maximum Gasteiger partial charge on any atom is 0.137 e. The van der Waals surface area contributed by atoms with E-state index >= 15 is 0 Å². The minimum atomic E-state index is -0.722. The molecule has 0 bridgehead atoms. The van der Waals surface area contributed by atoms with E-state index in [1.165, 1.54) is 6.07 Å². The van der Waals surface area contributed by atoms with E-state index < -0.39 is 6.10 Å². The summed E-state index contributed by atoms with van der Waals surface area (Å²) < 4.78 is 15.4. The van der Waals surface area contributed by atoms with Crippen molar-refractivity contribution in [3.05, 3.63) is 64.0 Å². The number of aryl methyl sites for hydroxylation is 1. The summed E-state index contributed by atoms with van der Waals surface area (Å²) in [7, 11) is 1.88. The van der Waals surface area contributed by atoms with Gasteiger partial charge in [0.2, 0.25) is 0 Å². The van der Waals surface area contributed by atoms with Gasteiger partial charge in [0, 0.05) is 18.9 Å². The van der Waals surface area contributed by atoms with E-state index in [1.807, 2.05) is 31.3 Å². The number of rotatable bonds is 3. The van der Waals surface area contributed by atoms with Crippen LogP contribution < -0.4 is 0 Å². The molecule has 3 rings (SSSR count). The van der Waals surface area contributed by atoms with Crippen LogP contribution in [-0.2, 0) is 13.5 Å². The van der Waals surface area contributed by atoms with Crippen LogP contribution in [0.4, 0.5) is 4.39 Å². The second-order valence-corrected chi connectivity index (χ2v) is 5.84. The standard InChI is InChI=1S/C16H14BrFN2O/c1-20-15-5-3-2-4-11(15)14(19-20)9-16(21)10-6-7-13(18)12(17)8-10/h2-8,16,21H,9H2,1H3. The van der Waals surface area contributed by atoms with Gasteiger partial charge >= 0.3 is 0 Å². The molecule has 1 aromatic heterocycles. The highest BCUT2D eigenvalue weighted by atomic mass is 79.9. The van der Waals surface area contributed by atoms with Crippen molar-refractivity contribution in [1.82, 2.24) is 9.78 Å². The molecule has 3 aromatic rings. The van der Waals surface area contributed by atoms with Crippen LogP contribution in [0.5, 0.6) is 0 Å². The van der Waals surface area contributed by atoms with Gasteiger partial charge in [0.15, 0.2) is 0 Å². The number of benzene rings is 2. The van der Waals surface area contributed by atoms with Gasteiger partial charge in [-0.15, -0.1) is 0 Å². The Kier molecular flexibility index (Phi) is 3.78. The smallest absolute Gasteiger partial charge is 0.137 e. The van der Waals surface area contributed by atoms with E-state index in [4.69, 9.17) is 0 Å². The van der Waals surface area contributed by atoms with E-state index in [1.54, 1.807) is 16.8 Å². The first kappa shape index (κ1) is 14.2. The average Bonchev–Trinajstić information content (AvgIpc) is 2.79. The quantitative estimate of drug-likeness (QED) is 0.782. The molecule has 1 unspecified atom stereocenters. The molecule has 0 aliphatic carbocycles. The average molecular weight is 349 g/mol. The fraction of sp³-hybridized carbons (Fsp3) is 0.188. The number of aliphatic hydroxyl groups excluding tert-OH is 1. The van der Waals surface area contributed by atoms with Crippen LogP contribution in [0.2, 0.25) is 0 Å². The number of hydrogen-bond acceptors (Lipinski definition) is 2. The van der Waals surface area contributed by atoms with E-state index in [-0.39, 0.29) is 5.82 Å². The lowest BCUT2D eigenvalue weighted by Crippen LogP contribution is -2.03. The molecule has 0 saturated carbocycles. The fourth-order valence-corrected chi connectivity index (χ4v) is 2.86. The number of halogens is 2. The molecular formula is C16H14BrFN2O. The third-order valence-corrected chi connectivity index (χ3v) is 4.16.